The van der Waals surface area contributed by atoms with Crippen LogP contribution in [0.3, 0.4) is 0 Å². The third-order valence-corrected chi connectivity index (χ3v) is 3.85. The van der Waals surface area contributed by atoms with E-state index >= 15 is 0 Å². The molecule has 0 bridgehead atoms. The molecule has 3 atom stereocenters. The van der Waals surface area contributed by atoms with E-state index in [1.807, 2.05) is 37.3 Å². The van der Waals surface area contributed by atoms with Crippen LogP contribution in [0.1, 0.15) is 32.3 Å². The number of benzene rings is 1. The van der Waals surface area contributed by atoms with Gasteiger partial charge in [-0.25, -0.2) is 0 Å². The number of hydrogen-bond donors (Lipinski definition) is 0. The summed E-state index contributed by atoms with van der Waals surface area (Å²) >= 11 is 0. The minimum absolute atomic E-state index is 0.189. The summed E-state index contributed by atoms with van der Waals surface area (Å²) in [5, 5.41) is 0. The van der Waals surface area contributed by atoms with Gasteiger partial charge in [-0.05, 0) is 49.5 Å². The molecule has 0 radical (unpaired) electrons. The van der Waals surface area contributed by atoms with Gasteiger partial charge < -0.3 is 18.9 Å². The second-order valence-electron chi connectivity index (χ2n) is 5.95. The largest absolute Gasteiger partial charge is 0.497 e. The van der Waals surface area contributed by atoms with E-state index < -0.39 is 0 Å². The topological polar surface area (TPSA) is 36.9 Å². The zero-order chi connectivity index (χ0) is 16.5. The van der Waals surface area contributed by atoms with E-state index in [1.165, 1.54) is 0 Å². The molecule has 0 saturated carbocycles. The third-order valence-electron chi connectivity index (χ3n) is 3.85. The van der Waals surface area contributed by atoms with Crippen molar-refractivity contribution in [2.24, 2.45) is 5.92 Å². The molecule has 0 spiro atoms. The molecule has 4 heteroatoms. The van der Waals surface area contributed by atoms with E-state index in [0.717, 1.165) is 30.8 Å². The molecule has 2 rings (SSSR count). The summed E-state index contributed by atoms with van der Waals surface area (Å²) in [5.74, 6) is 1.32. The summed E-state index contributed by atoms with van der Waals surface area (Å²) in [7, 11) is 1.67. The van der Waals surface area contributed by atoms with Crippen LogP contribution in [0.25, 0.3) is 0 Å². The highest BCUT2D eigenvalue weighted by atomic mass is 16.7. The Balaban J connectivity index is 1.66. The van der Waals surface area contributed by atoms with Crippen LogP contribution in [0.5, 0.6) is 5.75 Å². The smallest absolute Gasteiger partial charge is 0.177 e. The van der Waals surface area contributed by atoms with Crippen molar-refractivity contribution >= 4 is 0 Å². The maximum atomic E-state index is 5.91. The fourth-order valence-electron chi connectivity index (χ4n) is 2.66. The van der Waals surface area contributed by atoms with Crippen molar-refractivity contribution in [1.82, 2.24) is 0 Å². The van der Waals surface area contributed by atoms with Gasteiger partial charge in [0.2, 0.25) is 0 Å². The molecule has 23 heavy (non-hydrogen) atoms. The standard InChI is InChI=1S/C19H28O4/c1-4-22-19-7-5-6-18(23-19)12-15(2)13-21-14-16-8-10-17(20-3)11-9-16/h5,7-11,15,18-19H,4,6,12-14H2,1-3H3/t15-,18+,19?/m1/s1. The minimum atomic E-state index is -0.189. The molecule has 4 nitrogen and oxygen atoms in total. The molecule has 0 amide bonds. The van der Waals surface area contributed by atoms with Crippen molar-refractivity contribution < 1.29 is 18.9 Å². The molecule has 1 aromatic rings. The maximum absolute atomic E-state index is 5.91. The number of ether oxygens (including phenoxy) is 4. The van der Waals surface area contributed by atoms with E-state index in [2.05, 4.69) is 13.0 Å². The van der Waals surface area contributed by atoms with Gasteiger partial charge >= 0.3 is 0 Å². The Morgan fingerprint density at radius 3 is 2.74 bits per heavy atom. The van der Waals surface area contributed by atoms with Gasteiger partial charge in [0, 0.05) is 13.2 Å². The van der Waals surface area contributed by atoms with E-state index in [0.29, 0.717) is 19.1 Å². The van der Waals surface area contributed by atoms with Crippen LogP contribution in [0.2, 0.25) is 0 Å². The first-order valence-corrected chi connectivity index (χ1v) is 8.35. The molecular formula is C19H28O4. The summed E-state index contributed by atoms with van der Waals surface area (Å²) in [5.41, 5.74) is 1.16. The lowest BCUT2D eigenvalue weighted by Crippen LogP contribution is -2.28. The SMILES string of the molecule is CCOC1C=CC[C@@H](C[C@@H](C)COCc2ccc(OC)cc2)O1. The second-order valence-corrected chi connectivity index (χ2v) is 5.95. The predicted octanol–water partition coefficient (Wildman–Crippen LogP) is 3.95. The highest BCUT2D eigenvalue weighted by Crippen LogP contribution is 2.20. The number of methoxy groups -OCH3 is 1. The molecule has 1 aromatic carbocycles. The molecule has 0 fully saturated rings. The van der Waals surface area contributed by atoms with Crippen molar-refractivity contribution in [3.8, 4) is 5.75 Å². The maximum Gasteiger partial charge on any atom is 0.177 e. The molecular weight excluding hydrogens is 292 g/mol. The van der Waals surface area contributed by atoms with E-state index in [4.69, 9.17) is 18.9 Å². The molecule has 0 aromatic heterocycles. The quantitative estimate of drug-likeness (QED) is 0.646. The van der Waals surface area contributed by atoms with E-state index in [1.54, 1.807) is 7.11 Å². The number of hydrogen-bond acceptors (Lipinski definition) is 4. The molecule has 1 aliphatic rings. The van der Waals surface area contributed by atoms with Crippen LogP contribution in [0, 0.1) is 5.92 Å². The Morgan fingerprint density at radius 1 is 1.26 bits per heavy atom. The normalized spacial score (nSPS) is 22.0. The van der Waals surface area contributed by atoms with Crippen LogP contribution in [-0.4, -0.2) is 32.7 Å². The predicted molar refractivity (Wildman–Crippen MR) is 90.5 cm³/mol. The van der Waals surface area contributed by atoms with Crippen LogP contribution < -0.4 is 4.74 Å². The molecule has 0 aliphatic carbocycles. The second kappa shape index (κ2) is 9.71. The first kappa shape index (κ1) is 18.0. The van der Waals surface area contributed by atoms with Gasteiger partial charge in [0.1, 0.15) is 5.75 Å². The van der Waals surface area contributed by atoms with Gasteiger partial charge in [-0.1, -0.05) is 25.1 Å². The average molecular weight is 320 g/mol. The lowest BCUT2D eigenvalue weighted by molar-refractivity contribution is -0.150. The number of rotatable bonds is 9. The zero-order valence-corrected chi connectivity index (χ0v) is 14.4. The summed E-state index contributed by atoms with van der Waals surface area (Å²) in [6.45, 7) is 6.21. The molecule has 0 N–H and O–H groups in total. The molecule has 0 saturated heterocycles. The zero-order valence-electron chi connectivity index (χ0n) is 14.4. The molecule has 1 aliphatic heterocycles. The minimum Gasteiger partial charge on any atom is -0.497 e. The molecule has 1 heterocycles. The average Bonchev–Trinajstić information content (AvgIpc) is 2.56. The first-order chi connectivity index (χ1) is 11.2. The van der Waals surface area contributed by atoms with Gasteiger partial charge in [-0.3, -0.25) is 0 Å². The van der Waals surface area contributed by atoms with Gasteiger partial charge in [0.15, 0.2) is 6.29 Å². The van der Waals surface area contributed by atoms with Gasteiger partial charge in [-0.2, -0.15) is 0 Å². The van der Waals surface area contributed by atoms with E-state index in [9.17, 15) is 0 Å². The van der Waals surface area contributed by atoms with Crippen LogP contribution in [-0.2, 0) is 20.8 Å². The van der Waals surface area contributed by atoms with Crippen LogP contribution in [0.4, 0.5) is 0 Å². The van der Waals surface area contributed by atoms with Gasteiger partial charge in [-0.15, -0.1) is 0 Å². The summed E-state index contributed by atoms with van der Waals surface area (Å²) in [4.78, 5) is 0. The van der Waals surface area contributed by atoms with Crippen molar-refractivity contribution in [1.29, 1.82) is 0 Å². The lowest BCUT2D eigenvalue weighted by Gasteiger charge is -2.27. The highest BCUT2D eigenvalue weighted by molar-refractivity contribution is 5.26. The highest BCUT2D eigenvalue weighted by Gasteiger charge is 2.20. The Labute approximate surface area is 139 Å². The van der Waals surface area contributed by atoms with Gasteiger partial charge in [0.25, 0.3) is 0 Å². The Kier molecular flexibility index (Phi) is 7.59. The Morgan fingerprint density at radius 2 is 2.04 bits per heavy atom. The summed E-state index contributed by atoms with van der Waals surface area (Å²) in [6, 6.07) is 7.98. The van der Waals surface area contributed by atoms with Crippen molar-refractivity contribution in [3.63, 3.8) is 0 Å². The lowest BCUT2D eigenvalue weighted by atomic mass is 10.0. The Bertz CT molecular complexity index is 469. The van der Waals surface area contributed by atoms with Crippen molar-refractivity contribution in [2.75, 3.05) is 20.3 Å². The van der Waals surface area contributed by atoms with Crippen LogP contribution >= 0.6 is 0 Å². The van der Waals surface area contributed by atoms with Crippen molar-refractivity contribution in [3.05, 3.63) is 42.0 Å². The fraction of sp³-hybridized carbons (Fsp3) is 0.579. The molecule has 1 unspecified atom stereocenters. The van der Waals surface area contributed by atoms with Gasteiger partial charge in [0.05, 0.1) is 19.8 Å². The summed E-state index contributed by atoms with van der Waals surface area (Å²) in [6.07, 6.45) is 6.11. The van der Waals surface area contributed by atoms with Crippen LogP contribution in [0.15, 0.2) is 36.4 Å². The summed E-state index contributed by atoms with van der Waals surface area (Å²) < 4.78 is 22.4. The Hall–Kier alpha value is -1.36. The third kappa shape index (κ3) is 6.34. The molecule has 128 valence electrons. The monoisotopic (exact) mass is 320 g/mol. The van der Waals surface area contributed by atoms with Crippen molar-refractivity contribution in [2.45, 2.75) is 45.7 Å². The fourth-order valence-corrected chi connectivity index (χ4v) is 2.66. The first-order valence-electron chi connectivity index (χ1n) is 8.35. The van der Waals surface area contributed by atoms with E-state index in [-0.39, 0.29) is 12.4 Å².